The van der Waals surface area contributed by atoms with Gasteiger partial charge in [-0.3, -0.25) is 0 Å². The zero-order valence-electron chi connectivity index (χ0n) is 12.4. The van der Waals surface area contributed by atoms with Gasteiger partial charge >= 0.3 is 5.97 Å². The molecule has 0 saturated carbocycles. The number of aromatic nitrogens is 3. The third-order valence-electron chi connectivity index (χ3n) is 3.17. The first-order valence-corrected chi connectivity index (χ1v) is 7.58. The number of thioether (sulfide) groups is 1. The fourth-order valence-corrected chi connectivity index (χ4v) is 3.20. The Labute approximate surface area is 127 Å². The lowest BCUT2D eigenvalue weighted by atomic mass is 10.2. The molecule has 0 bridgehead atoms. The van der Waals surface area contributed by atoms with Crippen LogP contribution in [-0.2, 0) is 12.2 Å². The Morgan fingerprint density at radius 2 is 1.95 bits per heavy atom. The van der Waals surface area contributed by atoms with E-state index in [4.69, 9.17) is 4.52 Å². The highest BCUT2D eigenvalue weighted by Crippen LogP contribution is 2.28. The van der Waals surface area contributed by atoms with Crippen LogP contribution in [0.2, 0.25) is 0 Å². The van der Waals surface area contributed by atoms with Crippen LogP contribution in [0.4, 0.5) is 0 Å². The van der Waals surface area contributed by atoms with E-state index in [2.05, 4.69) is 15.1 Å². The average Bonchev–Trinajstić information content (AvgIpc) is 2.74. The maximum atomic E-state index is 11.4. The summed E-state index contributed by atoms with van der Waals surface area (Å²) in [4.78, 5) is 20.0. The number of hydrogen-bond acceptors (Lipinski definition) is 6. The summed E-state index contributed by atoms with van der Waals surface area (Å²) in [5.74, 6) is 0.967. The minimum atomic E-state index is -1.00. The van der Waals surface area contributed by atoms with E-state index in [0.717, 1.165) is 17.0 Å². The molecule has 2 rings (SSSR count). The van der Waals surface area contributed by atoms with Gasteiger partial charge in [-0.05, 0) is 20.8 Å². The summed E-state index contributed by atoms with van der Waals surface area (Å²) in [6, 6.07) is 0. The van der Waals surface area contributed by atoms with Crippen LogP contribution in [0.25, 0.3) is 0 Å². The van der Waals surface area contributed by atoms with Gasteiger partial charge in [0, 0.05) is 17.7 Å². The highest BCUT2D eigenvalue weighted by molar-refractivity contribution is 7.98. The Morgan fingerprint density at radius 3 is 2.48 bits per heavy atom. The van der Waals surface area contributed by atoms with Gasteiger partial charge in [0.2, 0.25) is 0 Å². The van der Waals surface area contributed by atoms with Gasteiger partial charge in [-0.1, -0.05) is 12.1 Å². The Bertz CT molecular complexity index is 663. The van der Waals surface area contributed by atoms with E-state index in [9.17, 15) is 9.90 Å². The van der Waals surface area contributed by atoms with Gasteiger partial charge < -0.3 is 9.63 Å². The van der Waals surface area contributed by atoms with Gasteiger partial charge in [0.25, 0.3) is 0 Å². The number of hydrogen-bond donors (Lipinski definition) is 1. The van der Waals surface area contributed by atoms with E-state index in [0.29, 0.717) is 28.7 Å². The first kappa shape index (κ1) is 15.5. The van der Waals surface area contributed by atoms with Crippen molar-refractivity contribution in [2.45, 2.75) is 44.9 Å². The van der Waals surface area contributed by atoms with Crippen LogP contribution >= 0.6 is 11.8 Å². The highest BCUT2D eigenvalue weighted by atomic mass is 32.2. The number of aryl methyl sites for hydroxylation is 4. The summed E-state index contributed by atoms with van der Waals surface area (Å²) in [6.07, 6.45) is 0.666. The first-order chi connectivity index (χ1) is 9.93. The number of nitrogens with zero attached hydrogens (tertiary/aromatic N) is 3. The SMILES string of the molecule is CCc1nc(C)c(C(=O)O)c(SCc2c(C)noc2C)n1. The molecule has 0 aromatic carbocycles. The monoisotopic (exact) mass is 307 g/mol. The summed E-state index contributed by atoms with van der Waals surface area (Å²) in [5, 5.41) is 13.7. The van der Waals surface area contributed by atoms with Gasteiger partial charge in [0.05, 0.1) is 11.4 Å². The zero-order valence-corrected chi connectivity index (χ0v) is 13.2. The van der Waals surface area contributed by atoms with Crippen LogP contribution in [0.3, 0.4) is 0 Å². The van der Waals surface area contributed by atoms with Crippen molar-refractivity contribution in [3.63, 3.8) is 0 Å². The molecule has 0 radical (unpaired) electrons. The molecule has 0 aliphatic heterocycles. The molecule has 0 spiro atoms. The third kappa shape index (κ3) is 3.24. The molecule has 2 heterocycles. The van der Waals surface area contributed by atoms with E-state index in [-0.39, 0.29) is 5.56 Å². The van der Waals surface area contributed by atoms with Crippen molar-refractivity contribution < 1.29 is 14.4 Å². The third-order valence-corrected chi connectivity index (χ3v) is 4.17. The van der Waals surface area contributed by atoms with E-state index in [1.54, 1.807) is 6.92 Å². The molecule has 2 aromatic heterocycles. The van der Waals surface area contributed by atoms with E-state index >= 15 is 0 Å². The molecule has 2 aromatic rings. The lowest BCUT2D eigenvalue weighted by Crippen LogP contribution is -2.09. The summed E-state index contributed by atoms with van der Waals surface area (Å²) in [5.41, 5.74) is 2.46. The normalized spacial score (nSPS) is 10.9. The lowest BCUT2D eigenvalue weighted by molar-refractivity contribution is 0.0690. The van der Waals surface area contributed by atoms with Crippen molar-refractivity contribution in [3.05, 3.63) is 34.1 Å². The lowest BCUT2D eigenvalue weighted by Gasteiger charge is -2.09. The zero-order chi connectivity index (χ0) is 15.6. The number of carbonyl (C=O) groups is 1. The highest BCUT2D eigenvalue weighted by Gasteiger charge is 2.19. The number of rotatable bonds is 5. The van der Waals surface area contributed by atoms with Crippen LogP contribution in [0.15, 0.2) is 9.55 Å². The number of carboxylic acids is 1. The first-order valence-electron chi connectivity index (χ1n) is 6.59. The van der Waals surface area contributed by atoms with E-state index < -0.39 is 5.97 Å². The van der Waals surface area contributed by atoms with Gasteiger partial charge in [-0.15, -0.1) is 11.8 Å². The number of carboxylic acid groups (broad SMARTS) is 1. The van der Waals surface area contributed by atoms with Crippen molar-refractivity contribution in [1.82, 2.24) is 15.1 Å². The summed E-state index contributed by atoms with van der Waals surface area (Å²) in [6.45, 7) is 7.35. The smallest absolute Gasteiger partial charge is 0.340 e. The minimum Gasteiger partial charge on any atom is -0.478 e. The van der Waals surface area contributed by atoms with Crippen molar-refractivity contribution in [3.8, 4) is 0 Å². The fraction of sp³-hybridized carbons (Fsp3) is 0.429. The van der Waals surface area contributed by atoms with E-state index in [1.165, 1.54) is 11.8 Å². The second-order valence-electron chi connectivity index (χ2n) is 4.66. The quantitative estimate of drug-likeness (QED) is 0.671. The molecular weight excluding hydrogens is 290 g/mol. The minimum absolute atomic E-state index is 0.170. The standard InChI is InChI=1S/C14H17N3O3S/c1-5-11-15-8(3)12(14(18)19)13(16-11)21-6-10-7(2)17-20-9(10)4/h5-6H2,1-4H3,(H,18,19). The van der Waals surface area contributed by atoms with Gasteiger partial charge in [-0.25, -0.2) is 14.8 Å². The molecule has 21 heavy (non-hydrogen) atoms. The topological polar surface area (TPSA) is 89.1 Å². The molecule has 0 fully saturated rings. The average molecular weight is 307 g/mol. The van der Waals surface area contributed by atoms with Crippen LogP contribution in [0, 0.1) is 20.8 Å². The second kappa shape index (κ2) is 6.26. The molecule has 0 saturated heterocycles. The summed E-state index contributed by atoms with van der Waals surface area (Å²) >= 11 is 1.37. The maximum absolute atomic E-state index is 11.4. The Kier molecular flexibility index (Phi) is 4.62. The largest absolute Gasteiger partial charge is 0.478 e. The van der Waals surface area contributed by atoms with Gasteiger partial charge in [0.1, 0.15) is 22.2 Å². The molecule has 0 aliphatic carbocycles. The molecule has 6 nitrogen and oxygen atoms in total. The molecule has 0 atom stereocenters. The van der Waals surface area contributed by atoms with Crippen LogP contribution in [-0.4, -0.2) is 26.2 Å². The molecule has 1 N–H and O–H groups in total. The van der Waals surface area contributed by atoms with Crippen molar-refractivity contribution in [1.29, 1.82) is 0 Å². The van der Waals surface area contributed by atoms with Crippen LogP contribution in [0.5, 0.6) is 0 Å². The fourth-order valence-electron chi connectivity index (χ4n) is 1.96. The van der Waals surface area contributed by atoms with Crippen LogP contribution < -0.4 is 0 Å². The predicted octanol–water partition coefficient (Wildman–Crippen LogP) is 2.94. The molecule has 0 unspecified atom stereocenters. The Morgan fingerprint density at radius 1 is 1.24 bits per heavy atom. The Balaban J connectivity index is 2.34. The van der Waals surface area contributed by atoms with E-state index in [1.807, 2.05) is 20.8 Å². The molecular formula is C14H17N3O3S. The van der Waals surface area contributed by atoms with Gasteiger partial charge in [-0.2, -0.15) is 0 Å². The van der Waals surface area contributed by atoms with Crippen molar-refractivity contribution >= 4 is 17.7 Å². The second-order valence-corrected chi connectivity index (χ2v) is 5.62. The van der Waals surface area contributed by atoms with Gasteiger partial charge in [0.15, 0.2) is 0 Å². The summed E-state index contributed by atoms with van der Waals surface area (Å²) in [7, 11) is 0. The number of aromatic carboxylic acids is 1. The molecule has 0 aliphatic rings. The molecule has 0 amide bonds. The van der Waals surface area contributed by atoms with Crippen LogP contribution in [0.1, 0.15) is 45.8 Å². The maximum Gasteiger partial charge on any atom is 0.340 e. The predicted molar refractivity (Wildman–Crippen MR) is 78.6 cm³/mol. The molecule has 112 valence electrons. The Hall–Kier alpha value is -1.89. The van der Waals surface area contributed by atoms with Crippen molar-refractivity contribution in [2.75, 3.05) is 0 Å². The summed E-state index contributed by atoms with van der Waals surface area (Å²) < 4.78 is 5.12. The van der Waals surface area contributed by atoms with Crippen molar-refractivity contribution in [2.24, 2.45) is 0 Å². The molecule has 7 heteroatoms.